The molecule has 4 heteroatoms. The van der Waals surface area contributed by atoms with Crippen LogP contribution < -0.4 is 5.48 Å². The molecule has 0 aliphatic carbocycles. The molecule has 16 heavy (non-hydrogen) atoms. The summed E-state index contributed by atoms with van der Waals surface area (Å²) < 4.78 is 0. The first-order valence-electron chi connectivity index (χ1n) is 5.19. The molecule has 2 N–H and O–H groups in total. The van der Waals surface area contributed by atoms with Crippen LogP contribution in [0.1, 0.15) is 34.3 Å². The second kappa shape index (κ2) is 5.63. The molecule has 0 amide bonds. The van der Waals surface area contributed by atoms with Crippen molar-refractivity contribution in [2.45, 2.75) is 19.8 Å². The molecule has 1 aromatic carbocycles. The summed E-state index contributed by atoms with van der Waals surface area (Å²) in [6.07, 6.45) is 0. The van der Waals surface area contributed by atoms with Gasteiger partial charge in [-0.25, -0.2) is 10.3 Å². The van der Waals surface area contributed by atoms with E-state index in [0.29, 0.717) is 12.2 Å². The maximum absolute atomic E-state index is 11.0. The Hall–Kier alpha value is -1.39. The molecule has 0 aliphatic heterocycles. The fourth-order valence-electron chi connectivity index (χ4n) is 1.72. The first kappa shape index (κ1) is 12.7. The Morgan fingerprint density at radius 3 is 2.81 bits per heavy atom. The zero-order valence-electron chi connectivity index (χ0n) is 9.78. The van der Waals surface area contributed by atoms with Gasteiger partial charge in [-0.05, 0) is 24.1 Å². The molecule has 0 radical (unpaired) electrons. The van der Waals surface area contributed by atoms with Crippen molar-refractivity contribution in [3.63, 3.8) is 0 Å². The van der Waals surface area contributed by atoms with Crippen LogP contribution in [0, 0.1) is 6.92 Å². The van der Waals surface area contributed by atoms with Gasteiger partial charge in [-0.2, -0.15) is 0 Å². The van der Waals surface area contributed by atoms with E-state index in [-0.39, 0.29) is 5.92 Å². The van der Waals surface area contributed by atoms with Crippen LogP contribution in [-0.4, -0.2) is 24.7 Å². The number of aromatic carboxylic acids is 1. The summed E-state index contributed by atoms with van der Waals surface area (Å²) in [6.45, 7) is 4.35. The summed E-state index contributed by atoms with van der Waals surface area (Å²) >= 11 is 0. The molecule has 1 unspecified atom stereocenters. The molecule has 0 heterocycles. The number of carboxylic acids is 1. The average Bonchev–Trinajstić information content (AvgIpc) is 2.25. The quantitative estimate of drug-likeness (QED) is 0.749. The third kappa shape index (κ3) is 2.81. The molecule has 0 saturated heterocycles. The van der Waals surface area contributed by atoms with Crippen molar-refractivity contribution < 1.29 is 14.7 Å². The van der Waals surface area contributed by atoms with E-state index in [1.54, 1.807) is 19.2 Å². The van der Waals surface area contributed by atoms with Gasteiger partial charge in [-0.3, -0.25) is 0 Å². The normalized spacial score (nSPS) is 12.4. The number of hydrogen-bond acceptors (Lipinski definition) is 3. The minimum atomic E-state index is -0.888. The van der Waals surface area contributed by atoms with Crippen LogP contribution in [0.3, 0.4) is 0 Å². The van der Waals surface area contributed by atoms with Gasteiger partial charge in [0.25, 0.3) is 0 Å². The highest BCUT2D eigenvalue weighted by atomic mass is 16.6. The standard InChI is InChI=1S/C12H17NO3/c1-8(7-16-13-3)10-5-4-6-11(9(10)2)12(14)15/h4-6,8,13H,7H2,1-3H3,(H,14,15). The predicted octanol–water partition coefficient (Wildman–Crippen LogP) is 1.95. The summed E-state index contributed by atoms with van der Waals surface area (Å²) in [6, 6.07) is 5.32. The largest absolute Gasteiger partial charge is 0.478 e. The van der Waals surface area contributed by atoms with Crippen molar-refractivity contribution in [3.05, 3.63) is 34.9 Å². The maximum atomic E-state index is 11.0. The average molecular weight is 223 g/mol. The fraction of sp³-hybridized carbons (Fsp3) is 0.417. The molecular weight excluding hydrogens is 206 g/mol. The van der Waals surface area contributed by atoms with E-state index in [1.807, 2.05) is 19.9 Å². The van der Waals surface area contributed by atoms with Gasteiger partial charge in [0.1, 0.15) is 0 Å². The van der Waals surface area contributed by atoms with E-state index in [0.717, 1.165) is 11.1 Å². The summed E-state index contributed by atoms with van der Waals surface area (Å²) in [7, 11) is 1.70. The van der Waals surface area contributed by atoms with Gasteiger partial charge in [-0.1, -0.05) is 19.1 Å². The van der Waals surface area contributed by atoms with Crippen molar-refractivity contribution in [1.82, 2.24) is 5.48 Å². The second-order valence-corrected chi connectivity index (χ2v) is 3.74. The SMILES string of the molecule is CNOCC(C)c1cccc(C(=O)O)c1C. The van der Waals surface area contributed by atoms with Gasteiger partial charge in [0.15, 0.2) is 0 Å². The third-order valence-electron chi connectivity index (χ3n) is 2.61. The van der Waals surface area contributed by atoms with Crippen molar-refractivity contribution in [1.29, 1.82) is 0 Å². The van der Waals surface area contributed by atoms with Gasteiger partial charge >= 0.3 is 5.97 Å². The number of carbonyl (C=O) groups is 1. The Labute approximate surface area is 95.2 Å². The van der Waals surface area contributed by atoms with E-state index in [9.17, 15) is 4.79 Å². The van der Waals surface area contributed by atoms with Crippen molar-refractivity contribution in [3.8, 4) is 0 Å². The highest BCUT2D eigenvalue weighted by molar-refractivity contribution is 5.89. The molecule has 0 saturated carbocycles. The van der Waals surface area contributed by atoms with Crippen LogP contribution >= 0.6 is 0 Å². The minimum absolute atomic E-state index is 0.159. The number of carboxylic acid groups (broad SMARTS) is 1. The Morgan fingerprint density at radius 2 is 2.25 bits per heavy atom. The number of benzene rings is 1. The molecular formula is C12H17NO3. The van der Waals surface area contributed by atoms with E-state index >= 15 is 0 Å². The fourth-order valence-corrected chi connectivity index (χ4v) is 1.72. The number of hydroxylamine groups is 1. The van der Waals surface area contributed by atoms with Gasteiger partial charge in [0.05, 0.1) is 12.2 Å². The number of hydrogen-bond donors (Lipinski definition) is 2. The van der Waals surface area contributed by atoms with Crippen LogP contribution in [0.25, 0.3) is 0 Å². The lowest BCUT2D eigenvalue weighted by Gasteiger charge is -2.15. The smallest absolute Gasteiger partial charge is 0.335 e. The lowest BCUT2D eigenvalue weighted by molar-refractivity contribution is 0.0496. The number of nitrogens with one attached hydrogen (secondary N) is 1. The molecule has 0 spiro atoms. The Balaban J connectivity index is 2.96. The molecule has 1 rings (SSSR count). The van der Waals surface area contributed by atoms with Gasteiger partial charge in [0.2, 0.25) is 0 Å². The molecule has 1 atom stereocenters. The summed E-state index contributed by atoms with van der Waals surface area (Å²) in [5.74, 6) is -0.729. The van der Waals surface area contributed by atoms with Gasteiger partial charge in [0, 0.05) is 13.0 Å². The lowest BCUT2D eigenvalue weighted by Crippen LogP contribution is -2.14. The topological polar surface area (TPSA) is 58.6 Å². The Bertz CT molecular complexity index is 377. The monoisotopic (exact) mass is 223 g/mol. The molecule has 0 fully saturated rings. The Kier molecular flexibility index (Phi) is 4.46. The van der Waals surface area contributed by atoms with E-state index in [2.05, 4.69) is 5.48 Å². The minimum Gasteiger partial charge on any atom is -0.478 e. The van der Waals surface area contributed by atoms with E-state index in [1.165, 1.54) is 0 Å². The maximum Gasteiger partial charge on any atom is 0.335 e. The first-order chi connectivity index (χ1) is 7.57. The van der Waals surface area contributed by atoms with Crippen molar-refractivity contribution >= 4 is 5.97 Å². The molecule has 88 valence electrons. The zero-order chi connectivity index (χ0) is 12.1. The molecule has 0 aliphatic rings. The Morgan fingerprint density at radius 1 is 1.56 bits per heavy atom. The van der Waals surface area contributed by atoms with Crippen LogP contribution in [0.5, 0.6) is 0 Å². The second-order valence-electron chi connectivity index (χ2n) is 3.74. The third-order valence-corrected chi connectivity index (χ3v) is 2.61. The molecule has 4 nitrogen and oxygen atoms in total. The number of rotatable bonds is 5. The van der Waals surface area contributed by atoms with Crippen molar-refractivity contribution in [2.24, 2.45) is 0 Å². The molecule has 0 bridgehead atoms. The van der Waals surface area contributed by atoms with Gasteiger partial charge < -0.3 is 9.94 Å². The molecule has 1 aromatic rings. The molecule has 0 aromatic heterocycles. The predicted molar refractivity (Wildman–Crippen MR) is 61.6 cm³/mol. The summed E-state index contributed by atoms with van der Waals surface area (Å²) in [5, 5.41) is 9.00. The highest BCUT2D eigenvalue weighted by Crippen LogP contribution is 2.22. The zero-order valence-corrected chi connectivity index (χ0v) is 9.78. The first-order valence-corrected chi connectivity index (χ1v) is 5.19. The van der Waals surface area contributed by atoms with Crippen LogP contribution in [0.15, 0.2) is 18.2 Å². The highest BCUT2D eigenvalue weighted by Gasteiger charge is 2.14. The lowest BCUT2D eigenvalue weighted by atomic mass is 9.94. The van der Waals surface area contributed by atoms with Crippen LogP contribution in [0.2, 0.25) is 0 Å². The van der Waals surface area contributed by atoms with E-state index in [4.69, 9.17) is 9.94 Å². The van der Waals surface area contributed by atoms with Crippen LogP contribution in [0.4, 0.5) is 0 Å². The van der Waals surface area contributed by atoms with Gasteiger partial charge in [-0.15, -0.1) is 0 Å². The van der Waals surface area contributed by atoms with Crippen LogP contribution in [-0.2, 0) is 4.84 Å². The van der Waals surface area contributed by atoms with E-state index < -0.39 is 5.97 Å². The van der Waals surface area contributed by atoms with Crippen molar-refractivity contribution in [2.75, 3.05) is 13.7 Å². The summed E-state index contributed by atoms with van der Waals surface area (Å²) in [5.41, 5.74) is 4.78. The summed E-state index contributed by atoms with van der Waals surface area (Å²) in [4.78, 5) is 16.1.